The van der Waals surface area contributed by atoms with E-state index in [1.807, 2.05) is 38.1 Å². The maximum absolute atomic E-state index is 11.7. The van der Waals surface area contributed by atoms with Crippen LogP contribution in [0, 0.1) is 13.8 Å². The Morgan fingerprint density at radius 2 is 1.05 bits per heavy atom. The molecule has 0 aliphatic carbocycles. The van der Waals surface area contributed by atoms with Crippen LogP contribution >= 0.6 is 0 Å². The fourth-order valence-corrected chi connectivity index (χ4v) is 1.64. The second-order valence-corrected chi connectivity index (χ2v) is 4.67. The number of hydrogen-bond donors (Lipinski definition) is 0. The number of nitrogens with zero attached hydrogens (tertiary/aromatic N) is 2. The molecular formula is C17H14N2O2. The topological polar surface area (TPSA) is 58.9 Å². The van der Waals surface area contributed by atoms with Gasteiger partial charge in [-0.3, -0.25) is 9.59 Å². The van der Waals surface area contributed by atoms with Gasteiger partial charge in [0.05, 0.1) is 0 Å². The average Bonchev–Trinajstić information content (AvgIpc) is 2.48. The monoisotopic (exact) mass is 278 g/mol. The number of aryl methyl sites for hydroxylation is 2. The van der Waals surface area contributed by atoms with Crippen molar-refractivity contribution in [3.8, 4) is 0 Å². The lowest BCUT2D eigenvalue weighted by atomic mass is 10.1. The van der Waals surface area contributed by atoms with Gasteiger partial charge in [-0.15, -0.1) is 9.98 Å². The van der Waals surface area contributed by atoms with Crippen molar-refractivity contribution in [2.24, 2.45) is 9.98 Å². The van der Waals surface area contributed by atoms with E-state index in [4.69, 9.17) is 0 Å². The molecule has 0 aliphatic rings. The molecule has 2 rings (SSSR count). The largest absolute Gasteiger partial charge is 0.286 e. The van der Waals surface area contributed by atoms with Crippen LogP contribution in [0.1, 0.15) is 31.8 Å². The van der Waals surface area contributed by atoms with E-state index in [1.54, 1.807) is 24.3 Å². The van der Waals surface area contributed by atoms with E-state index in [1.165, 1.54) is 0 Å². The zero-order chi connectivity index (χ0) is 15.2. The third-order valence-corrected chi connectivity index (χ3v) is 2.90. The summed E-state index contributed by atoms with van der Waals surface area (Å²) in [5, 5.41) is 0. The highest BCUT2D eigenvalue weighted by molar-refractivity contribution is 6.01. The van der Waals surface area contributed by atoms with Crippen molar-refractivity contribution in [1.82, 2.24) is 0 Å². The van der Waals surface area contributed by atoms with E-state index < -0.39 is 11.8 Å². The van der Waals surface area contributed by atoms with Crippen molar-refractivity contribution in [3.05, 3.63) is 70.8 Å². The molecule has 21 heavy (non-hydrogen) atoms. The lowest BCUT2D eigenvalue weighted by molar-refractivity contribution is 0.100. The van der Waals surface area contributed by atoms with Crippen LogP contribution in [0.5, 0.6) is 0 Å². The Morgan fingerprint density at radius 1 is 0.714 bits per heavy atom. The van der Waals surface area contributed by atoms with Gasteiger partial charge in [0.1, 0.15) is 6.01 Å². The van der Waals surface area contributed by atoms with Crippen molar-refractivity contribution < 1.29 is 9.59 Å². The summed E-state index contributed by atoms with van der Waals surface area (Å²) in [6, 6.07) is 16.1. The first-order chi connectivity index (χ1) is 10.1. The summed E-state index contributed by atoms with van der Waals surface area (Å²) in [6.45, 7) is 3.86. The third kappa shape index (κ3) is 4.06. The van der Waals surface area contributed by atoms with Crippen LogP contribution in [0.4, 0.5) is 0 Å². The van der Waals surface area contributed by atoms with Gasteiger partial charge in [-0.25, -0.2) is 0 Å². The van der Waals surface area contributed by atoms with Crippen molar-refractivity contribution in [3.63, 3.8) is 0 Å². The van der Waals surface area contributed by atoms with Gasteiger partial charge in [-0.05, 0) is 38.1 Å². The van der Waals surface area contributed by atoms with E-state index in [2.05, 4.69) is 16.0 Å². The molecule has 0 unspecified atom stereocenters. The maximum atomic E-state index is 11.7. The second kappa shape index (κ2) is 6.55. The maximum Gasteiger partial charge on any atom is 0.286 e. The molecule has 0 saturated heterocycles. The number of benzene rings is 2. The van der Waals surface area contributed by atoms with Gasteiger partial charge >= 0.3 is 0 Å². The quantitative estimate of drug-likeness (QED) is 0.790. The average molecular weight is 278 g/mol. The van der Waals surface area contributed by atoms with Crippen LogP contribution in [0.15, 0.2) is 58.5 Å². The van der Waals surface area contributed by atoms with E-state index >= 15 is 0 Å². The van der Waals surface area contributed by atoms with Gasteiger partial charge in [0.15, 0.2) is 0 Å². The van der Waals surface area contributed by atoms with Gasteiger partial charge < -0.3 is 0 Å². The molecular weight excluding hydrogens is 264 g/mol. The zero-order valence-electron chi connectivity index (χ0n) is 11.8. The summed E-state index contributed by atoms with van der Waals surface area (Å²) >= 11 is 0. The van der Waals surface area contributed by atoms with Gasteiger partial charge in [-0.2, -0.15) is 0 Å². The minimum Gasteiger partial charge on any atom is -0.266 e. The predicted molar refractivity (Wildman–Crippen MR) is 80.9 cm³/mol. The lowest BCUT2D eigenvalue weighted by Crippen LogP contribution is -1.96. The van der Waals surface area contributed by atoms with E-state index in [0.717, 1.165) is 11.1 Å². The molecule has 0 atom stereocenters. The molecule has 0 bridgehead atoms. The van der Waals surface area contributed by atoms with Crippen LogP contribution in [0.3, 0.4) is 0 Å². The fraction of sp³-hybridized carbons (Fsp3) is 0.118. The number of amides is 2. The molecule has 0 spiro atoms. The van der Waals surface area contributed by atoms with E-state index in [-0.39, 0.29) is 0 Å². The Balaban J connectivity index is 2.09. The summed E-state index contributed by atoms with van der Waals surface area (Å²) in [7, 11) is 0. The summed E-state index contributed by atoms with van der Waals surface area (Å²) < 4.78 is 0. The summed E-state index contributed by atoms with van der Waals surface area (Å²) in [5.41, 5.74) is 2.98. The molecule has 0 saturated carbocycles. The first-order valence-electron chi connectivity index (χ1n) is 6.45. The SMILES string of the molecule is Cc1ccc(C(=O)N=C=NC(=O)c2ccc(C)cc2)cc1. The highest BCUT2D eigenvalue weighted by atomic mass is 16.2. The third-order valence-electron chi connectivity index (χ3n) is 2.90. The molecule has 4 nitrogen and oxygen atoms in total. The van der Waals surface area contributed by atoms with Gasteiger partial charge in [0, 0.05) is 11.1 Å². The van der Waals surface area contributed by atoms with E-state index in [9.17, 15) is 9.59 Å². The molecule has 2 amide bonds. The van der Waals surface area contributed by atoms with Crippen LogP contribution in [0.2, 0.25) is 0 Å². The molecule has 104 valence electrons. The molecule has 2 aromatic rings. The van der Waals surface area contributed by atoms with Crippen LogP contribution in [-0.2, 0) is 0 Å². The van der Waals surface area contributed by atoms with Crippen LogP contribution in [-0.4, -0.2) is 17.8 Å². The molecule has 0 aromatic heterocycles. The first kappa shape index (κ1) is 14.6. The molecule has 0 heterocycles. The van der Waals surface area contributed by atoms with Crippen LogP contribution in [0.25, 0.3) is 0 Å². The number of rotatable bonds is 2. The Bertz CT molecular complexity index is 661. The Labute approximate surface area is 122 Å². The number of hydrogen-bond acceptors (Lipinski definition) is 2. The van der Waals surface area contributed by atoms with E-state index in [0.29, 0.717) is 11.1 Å². The summed E-state index contributed by atoms with van der Waals surface area (Å²) in [6.07, 6.45) is 0. The lowest BCUT2D eigenvalue weighted by Gasteiger charge is -1.95. The first-order valence-corrected chi connectivity index (χ1v) is 6.45. The fourth-order valence-electron chi connectivity index (χ4n) is 1.64. The van der Waals surface area contributed by atoms with Gasteiger partial charge in [0.25, 0.3) is 11.8 Å². The molecule has 2 aromatic carbocycles. The molecule has 0 radical (unpaired) electrons. The van der Waals surface area contributed by atoms with Crippen molar-refractivity contribution in [2.75, 3.05) is 0 Å². The Hall–Kier alpha value is -2.84. The zero-order valence-corrected chi connectivity index (χ0v) is 11.8. The van der Waals surface area contributed by atoms with Crippen molar-refractivity contribution in [1.29, 1.82) is 0 Å². The predicted octanol–water partition coefficient (Wildman–Crippen LogP) is 3.46. The van der Waals surface area contributed by atoms with Gasteiger partial charge in [0.2, 0.25) is 0 Å². The van der Waals surface area contributed by atoms with Gasteiger partial charge in [-0.1, -0.05) is 35.4 Å². The Kier molecular flexibility index (Phi) is 4.54. The second-order valence-electron chi connectivity index (χ2n) is 4.67. The minimum absolute atomic E-state index is 0.436. The standard InChI is InChI=1S/C17H14N2O2/c1-12-3-7-14(8-4-12)16(20)18-11-19-17(21)15-9-5-13(2)6-10-15/h3-10H,1-2H3. The molecule has 0 aliphatic heterocycles. The minimum atomic E-state index is -0.476. The van der Waals surface area contributed by atoms with Crippen molar-refractivity contribution >= 4 is 17.8 Å². The smallest absolute Gasteiger partial charge is 0.266 e. The molecule has 0 N–H and O–H groups in total. The molecule has 0 fully saturated rings. The summed E-state index contributed by atoms with van der Waals surface area (Å²) in [5.74, 6) is -0.953. The number of aliphatic imine (C=N–C) groups is 2. The highest BCUT2D eigenvalue weighted by Gasteiger charge is 2.03. The number of carbonyl (C=O) groups is 2. The normalized spacial score (nSPS) is 9.62. The Morgan fingerprint density at radius 3 is 1.38 bits per heavy atom. The van der Waals surface area contributed by atoms with Crippen LogP contribution < -0.4 is 0 Å². The highest BCUT2D eigenvalue weighted by Crippen LogP contribution is 2.05. The molecule has 4 heteroatoms. The van der Waals surface area contributed by atoms with Crippen molar-refractivity contribution in [2.45, 2.75) is 13.8 Å². The number of carbonyl (C=O) groups excluding carboxylic acids is 2. The summed E-state index contributed by atoms with van der Waals surface area (Å²) in [4.78, 5) is 30.5.